The second-order valence-corrected chi connectivity index (χ2v) is 10.3. The molecule has 11 heteroatoms. The number of nitrogens with zero attached hydrogens (tertiary/aromatic N) is 4. The average molecular weight is 502 g/mol. The number of piperidine rings is 1. The van der Waals surface area contributed by atoms with Gasteiger partial charge in [-0.15, -0.1) is 0 Å². The first-order chi connectivity index (χ1) is 17.1. The molecule has 0 spiro atoms. The first kappa shape index (κ1) is 25.9. The van der Waals surface area contributed by atoms with Crippen molar-refractivity contribution in [2.45, 2.75) is 77.4 Å². The van der Waals surface area contributed by atoms with Gasteiger partial charge in [-0.3, -0.25) is 14.5 Å². The molecule has 0 saturated carbocycles. The maximum atomic E-state index is 12.9. The Bertz CT molecular complexity index is 994. The van der Waals surface area contributed by atoms with Crippen molar-refractivity contribution in [2.75, 3.05) is 19.6 Å². The van der Waals surface area contributed by atoms with Crippen LogP contribution in [0.15, 0.2) is 35.3 Å². The molecule has 196 valence electrons. The molecular formula is C25H35N5O6. The summed E-state index contributed by atoms with van der Waals surface area (Å²) >= 11 is 0. The molecule has 1 N–H and O–H groups in total. The summed E-state index contributed by atoms with van der Waals surface area (Å²) in [5.74, 6) is 0.197. The fourth-order valence-corrected chi connectivity index (χ4v) is 4.60. The molecule has 0 radical (unpaired) electrons. The lowest BCUT2D eigenvalue weighted by Crippen LogP contribution is -2.50. The maximum Gasteiger partial charge on any atom is 0.435 e. The van der Waals surface area contributed by atoms with Crippen LogP contribution in [0.5, 0.6) is 0 Å². The third kappa shape index (κ3) is 6.33. The number of fused-ring (bicyclic) bond motifs is 2. The van der Waals surface area contributed by atoms with Gasteiger partial charge in [-0.05, 0) is 52.5 Å². The van der Waals surface area contributed by atoms with Crippen molar-refractivity contribution in [1.82, 2.24) is 20.3 Å². The van der Waals surface area contributed by atoms with Crippen LogP contribution in [-0.4, -0.2) is 82.2 Å². The molecule has 3 aliphatic heterocycles. The third-order valence-electron chi connectivity index (χ3n) is 6.41. The second-order valence-electron chi connectivity index (χ2n) is 10.3. The molecule has 1 aromatic carbocycles. The van der Waals surface area contributed by atoms with E-state index in [1.54, 1.807) is 32.6 Å². The van der Waals surface area contributed by atoms with Gasteiger partial charge in [0.2, 0.25) is 0 Å². The maximum absolute atomic E-state index is 12.9. The number of hydrogen-bond donors (Lipinski definition) is 1. The van der Waals surface area contributed by atoms with E-state index in [2.05, 4.69) is 10.5 Å². The zero-order chi connectivity index (χ0) is 25.9. The number of likely N-dealkylation sites (tertiary alicyclic amines) is 1. The molecule has 11 nitrogen and oxygen atoms in total. The minimum Gasteiger partial charge on any atom is -0.442 e. The predicted molar refractivity (Wildman–Crippen MR) is 131 cm³/mol. The standard InChI is InChI=1S/C25H35N5O6/c1-17(26-23(32)35-25(2,3)4)28-13-12-20(15-28)36-27-22(31)21-11-10-19-14-29(21)24(33)30(19)34-16-18-8-6-5-7-9-18/h5-9,19-21H,10-16H2,1-4H3,(H,27,31)/b26-17+/t19-,20?,21+/m1/s1. The number of benzene rings is 1. The highest BCUT2D eigenvalue weighted by Crippen LogP contribution is 2.30. The molecule has 3 heterocycles. The van der Waals surface area contributed by atoms with E-state index in [0.29, 0.717) is 51.3 Å². The van der Waals surface area contributed by atoms with Crippen molar-refractivity contribution in [3.63, 3.8) is 0 Å². The van der Waals surface area contributed by atoms with E-state index < -0.39 is 17.7 Å². The summed E-state index contributed by atoms with van der Waals surface area (Å²) in [6, 6.07) is 8.68. The Balaban J connectivity index is 1.24. The molecule has 4 amide bonds. The summed E-state index contributed by atoms with van der Waals surface area (Å²) < 4.78 is 5.23. The number of urea groups is 1. The highest BCUT2D eigenvalue weighted by molar-refractivity contribution is 5.90. The molecule has 3 aliphatic rings. The summed E-state index contributed by atoms with van der Waals surface area (Å²) in [4.78, 5) is 56.7. The van der Waals surface area contributed by atoms with Crippen molar-refractivity contribution in [3.05, 3.63) is 35.9 Å². The Morgan fingerprint density at radius 3 is 2.58 bits per heavy atom. The molecular weight excluding hydrogens is 466 g/mol. The topological polar surface area (TPSA) is 113 Å². The quantitative estimate of drug-likeness (QED) is 0.362. The lowest BCUT2D eigenvalue weighted by Gasteiger charge is -2.29. The van der Waals surface area contributed by atoms with E-state index in [4.69, 9.17) is 14.4 Å². The number of amidine groups is 1. The zero-order valence-corrected chi connectivity index (χ0v) is 21.3. The fourth-order valence-electron chi connectivity index (χ4n) is 4.60. The summed E-state index contributed by atoms with van der Waals surface area (Å²) in [5, 5.41) is 1.41. The van der Waals surface area contributed by atoms with Crippen LogP contribution < -0.4 is 5.48 Å². The molecule has 1 aromatic rings. The number of ether oxygens (including phenoxy) is 1. The van der Waals surface area contributed by atoms with Crippen molar-refractivity contribution in [3.8, 4) is 0 Å². The van der Waals surface area contributed by atoms with Gasteiger partial charge in [0, 0.05) is 19.6 Å². The van der Waals surface area contributed by atoms with E-state index in [1.807, 2.05) is 35.2 Å². The van der Waals surface area contributed by atoms with E-state index in [-0.39, 0.29) is 24.1 Å². The molecule has 36 heavy (non-hydrogen) atoms. The average Bonchev–Trinajstić information content (AvgIpc) is 3.39. The lowest BCUT2D eigenvalue weighted by atomic mass is 10.0. The van der Waals surface area contributed by atoms with E-state index >= 15 is 0 Å². The number of aliphatic imine (C=N–C) groups is 1. The fraction of sp³-hybridized carbons (Fsp3) is 0.600. The molecule has 3 fully saturated rings. The summed E-state index contributed by atoms with van der Waals surface area (Å²) in [6.45, 7) is 8.97. The largest absolute Gasteiger partial charge is 0.442 e. The van der Waals surface area contributed by atoms with Crippen LogP contribution >= 0.6 is 0 Å². The number of hydroxylamine groups is 3. The van der Waals surface area contributed by atoms with E-state index in [9.17, 15) is 14.4 Å². The molecule has 0 aromatic heterocycles. The third-order valence-corrected chi connectivity index (χ3v) is 6.41. The van der Waals surface area contributed by atoms with Gasteiger partial charge in [-0.25, -0.2) is 15.1 Å². The molecule has 4 rings (SSSR count). The van der Waals surface area contributed by atoms with Gasteiger partial charge in [0.1, 0.15) is 30.2 Å². The number of rotatable bonds is 6. The van der Waals surface area contributed by atoms with Crippen LogP contribution in [0.3, 0.4) is 0 Å². The van der Waals surface area contributed by atoms with E-state index in [1.165, 1.54) is 5.06 Å². The summed E-state index contributed by atoms with van der Waals surface area (Å²) in [7, 11) is 0. The van der Waals surface area contributed by atoms with Crippen molar-refractivity contribution in [2.24, 2.45) is 4.99 Å². The van der Waals surface area contributed by atoms with Crippen LogP contribution in [0.25, 0.3) is 0 Å². The smallest absolute Gasteiger partial charge is 0.435 e. The summed E-state index contributed by atoms with van der Waals surface area (Å²) in [5.41, 5.74) is 2.92. The number of carbonyl (C=O) groups is 3. The van der Waals surface area contributed by atoms with Crippen LogP contribution in [0.1, 0.15) is 52.5 Å². The number of hydrogen-bond acceptors (Lipinski definition) is 6. The highest BCUT2D eigenvalue weighted by Gasteiger charge is 2.48. The Hall–Kier alpha value is -3.18. The minimum atomic E-state index is -0.634. The Morgan fingerprint density at radius 1 is 1.11 bits per heavy atom. The van der Waals surface area contributed by atoms with Gasteiger partial charge in [-0.2, -0.15) is 10.1 Å². The van der Waals surface area contributed by atoms with Gasteiger partial charge >= 0.3 is 12.1 Å². The number of amides is 4. The normalized spacial score (nSPS) is 24.3. The minimum absolute atomic E-state index is 0.0678. The molecule has 3 saturated heterocycles. The highest BCUT2D eigenvalue weighted by atomic mass is 16.7. The summed E-state index contributed by atoms with van der Waals surface area (Å²) in [6.07, 6.45) is 0.985. The molecule has 3 atom stereocenters. The monoisotopic (exact) mass is 501 g/mol. The molecule has 0 aliphatic carbocycles. The van der Waals surface area contributed by atoms with Gasteiger partial charge in [0.05, 0.1) is 6.04 Å². The van der Waals surface area contributed by atoms with Crippen molar-refractivity contribution < 1.29 is 28.8 Å². The zero-order valence-electron chi connectivity index (χ0n) is 21.3. The number of carbonyl (C=O) groups excluding carboxylic acids is 3. The lowest BCUT2D eigenvalue weighted by molar-refractivity contribution is -0.143. The van der Waals surface area contributed by atoms with Crippen LogP contribution in [0, 0.1) is 0 Å². The Morgan fingerprint density at radius 2 is 1.86 bits per heavy atom. The molecule has 1 unspecified atom stereocenters. The van der Waals surface area contributed by atoms with Crippen molar-refractivity contribution >= 4 is 23.9 Å². The molecule has 2 bridgehead atoms. The first-order valence-electron chi connectivity index (χ1n) is 12.4. The first-order valence-corrected chi connectivity index (χ1v) is 12.4. The van der Waals surface area contributed by atoms with Crippen LogP contribution in [0.2, 0.25) is 0 Å². The Labute approximate surface area is 211 Å². The second kappa shape index (κ2) is 10.8. The Kier molecular flexibility index (Phi) is 7.79. The SMILES string of the molecule is C/C(=N\C(=O)OC(C)(C)C)N1CCC(ONC(=O)[C@@H]2CC[C@@H]3CN2C(=O)N3OCc2ccccc2)C1. The predicted octanol–water partition coefficient (Wildman–Crippen LogP) is 2.86. The number of nitrogens with one attached hydrogen (secondary N) is 1. The van der Waals surface area contributed by atoms with E-state index in [0.717, 1.165) is 5.56 Å². The van der Waals surface area contributed by atoms with Gasteiger partial charge in [0.15, 0.2) is 0 Å². The van der Waals surface area contributed by atoms with Gasteiger partial charge in [-0.1, -0.05) is 30.3 Å². The van der Waals surface area contributed by atoms with Gasteiger partial charge in [0.25, 0.3) is 5.91 Å². The van der Waals surface area contributed by atoms with Gasteiger partial charge < -0.3 is 14.5 Å². The van der Waals surface area contributed by atoms with Crippen LogP contribution in [-0.2, 0) is 25.8 Å². The van der Waals surface area contributed by atoms with Crippen molar-refractivity contribution in [1.29, 1.82) is 0 Å². The van der Waals surface area contributed by atoms with Crippen LogP contribution in [0.4, 0.5) is 9.59 Å².